The first-order chi connectivity index (χ1) is 9.13. The molecular weight excluding hydrogens is 232 g/mol. The summed E-state index contributed by atoms with van der Waals surface area (Å²) in [5, 5.41) is 3.66. The molecule has 19 heavy (non-hydrogen) atoms. The van der Waals surface area contributed by atoms with Gasteiger partial charge in [-0.05, 0) is 50.9 Å². The first kappa shape index (κ1) is 16.0. The second kappa shape index (κ2) is 8.21. The molecule has 0 radical (unpaired) electrons. The van der Waals surface area contributed by atoms with Gasteiger partial charge in [0.2, 0.25) is 0 Å². The van der Waals surface area contributed by atoms with Crippen LogP contribution in [0.4, 0.5) is 5.69 Å². The van der Waals surface area contributed by atoms with Crippen molar-refractivity contribution in [3.63, 3.8) is 0 Å². The summed E-state index contributed by atoms with van der Waals surface area (Å²) in [5.41, 5.74) is 4.00. The highest BCUT2D eigenvalue weighted by molar-refractivity contribution is 5.56. The van der Waals surface area contributed by atoms with Crippen molar-refractivity contribution < 1.29 is 0 Å². The highest BCUT2D eigenvalue weighted by Crippen LogP contribution is 2.20. The van der Waals surface area contributed by atoms with E-state index in [1.165, 1.54) is 36.2 Å². The standard InChI is InChI=1S/C17H30N2/c1-6-12-19(8-3)16(7-2)13-18-17-14(4)10-9-11-15(17)5/h9-11,16,18H,6-8,12-13H2,1-5H3. The van der Waals surface area contributed by atoms with Crippen LogP contribution in [0.15, 0.2) is 18.2 Å². The number of rotatable bonds is 8. The highest BCUT2D eigenvalue weighted by Gasteiger charge is 2.14. The lowest BCUT2D eigenvalue weighted by Crippen LogP contribution is -2.40. The quantitative estimate of drug-likeness (QED) is 0.754. The number of benzene rings is 1. The lowest BCUT2D eigenvalue weighted by atomic mass is 10.1. The molecule has 0 amide bonds. The molecule has 2 nitrogen and oxygen atoms in total. The predicted octanol–water partition coefficient (Wildman–Crippen LogP) is 4.23. The fraction of sp³-hybridized carbons (Fsp3) is 0.647. The van der Waals surface area contributed by atoms with Gasteiger partial charge >= 0.3 is 0 Å². The number of nitrogens with one attached hydrogen (secondary N) is 1. The van der Waals surface area contributed by atoms with Crippen molar-refractivity contribution in [3.8, 4) is 0 Å². The van der Waals surface area contributed by atoms with Crippen molar-refractivity contribution in [2.45, 2.75) is 53.5 Å². The van der Waals surface area contributed by atoms with E-state index in [0.29, 0.717) is 6.04 Å². The van der Waals surface area contributed by atoms with Crippen LogP contribution in [0.5, 0.6) is 0 Å². The Kier molecular flexibility index (Phi) is 6.93. The van der Waals surface area contributed by atoms with Gasteiger partial charge in [0.25, 0.3) is 0 Å². The van der Waals surface area contributed by atoms with Gasteiger partial charge in [0.1, 0.15) is 0 Å². The number of para-hydroxylation sites is 1. The zero-order valence-corrected chi connectivity index (χ0v) is 13.3. The molecule has 1 rings (SSSR count). The summed E-state index contributed by atoms with van der Waals surface area (Å²) >= 11 is 0. The van der Waals surface area contributed by atoms with E-state index in [2.05, 4.69) is 63.0 Å². The Balaban J connectivity index is 2.67. The maximum Gasteiger partial charge on any atom is 0.0400 e. The molecule has 0 aliphatic rings. The van der Waals surface area contributed by atoms with Crippen molar-refractivity contribution in [2.24, 2.45) is 0 Å². The van der Waals surface area contributed by atoms with Crippen LogP contribution in [0.1, 0.15) is 44.7 Å². The first-order valence-corrected chi connectivity index (χ1v) is 7.68. The number of anilines is 1. The molecule has 0 saturated carbocycles. The number of aryl methyl sites for hydroxylation is 2. The molecule has 2 heteroatoms. The average Bonchev–Trinajstić information content (AvgIpc) is 2.40. The Bertz CT molecular complexity index is 353. The van der Waals surface area contributed by atoms with Gasteiger partial charge in [0, 0.05) is 18.3 Å². The zero-order valence-electron chi connectivity index (χ0n) is 13.3. The summed E-state index contributed by atoms with van der Waals surface area (Å²) in [6.45, 7) is 14.5. The molecule has 1 aromatic carbocycles. The second-order valence-electron chi connectivity index (χ2n) is 5.34. The average molecular weight is 262 g/mol. The van der Waals surface area contributed by atoms with E-state index in [-0.39, 0.29) is 0 Å². The van der Waals surface area contributed by atoms with E-state index >= 15 is 0 Å². The summed E-state index contributed by atoms with van der Waals surface area (Å²) in [7, 11) is 0. The van der Waals surface area contributed by atoms with Crippen LogP contribution in [0.25, 0.3) is 0 Å². The Morgan fingerprint density at radius 2 is 1.74 bits per heavy atom. The number of likely N-dealkylation sites (N-methyl/N-ethyl adjacent to an activating group) is 1. The van der Waals surface area contributed by atoms with Gasteiger partial charge < -0.3 is 5.32 Å². The third-order valence-electron chi connectivity index (χ3n) is 3.90. The van der Waals surface area contributed by atoms with Crippen LogP contribution < -0.4 is 5.32 Å². The molecule has 0 aliphatic carbocycles. The fourth-order valence-corrected chi connectivity index (χ4v) is 2.73. The van der Waals surface area contributed by atoms with E-state index in [1.807, 2.05) is 0 Å². The van der Waals surface area contributed by atoms with E-state index in [4.69, 9.17) is 0 Å². The van der Waals surface area contributed by atoms with Gasteiger partial charge in [0.05, 0.1) is 0 Å². The molecule has 0 heterocycles. The lowest BCUT2D eigenvalue weighted by Gasteiger charge is -2.30. The minimum Gasteiger partial charge on any atom is -0.383 e. The van der Waals surface area contributed by atoms with Crippen molar-refractivity contribution in [1.29, 1.82) is 0 Å². The number of nitrogens with zero attached hydrogens (tertiary/aromatic N) is 1. The maximum absolute atomic E-state index is 3.66. The predicted molar refractivity (Wildman–Crippen MR) is 86.0 cm³/mol. The van der Waals surface area contributed by atoms with E-state index in [9.17, 15) is 0 Å². The minimum absolute atomic E-state index is 0.629. The van der Waals surface area contributed by atoms with Crippen molar-refractivity contribution >= 4 is 5.69 Å². The van der Waals surface area contributed by atoms with Crippen LogP contribution in [-0.2, 0) is 0 Å². The Morgan fingerprint density at radius 3 is 2.21 bits per heavy atom. The summed E-state index contributed by atoms with van der Waals surface area (Å²) in [6.07, 6.45) is 2.43. The summed E-state index contributed by atoms with van der Waals surface area (Å²) in [6, 6.07) is 7.12. The van der Waals surface area contributed by atoms with E-state index < -0.39 is 0 Å². The molecule has 108 valence electrons. The second-order valence-corrected chi connectivity index (χ2v) is 5.34. The van der Waals surface area contributed by atoms with Crippen molar-refractivity contribution in [2.75, 3.05) is 25.0 Å². The first-order valence-electron chi connectivity index (χ1n) is 7.68. The van der Waals surface area contributed by atoms with Gasteiger partial charge in [-0.15, -0.1) is 0 Å². The molecule has 1 atom stereocenters. The topological polar surface area (TPSA) is 15.3 Å². The minimum atomic E-state index is 0.629. The fourth-order valence-electron chi connectivity index (χ4n) is 2.73. The van der Waals surface area contributed by atoms with Crippen LogP contribution >= 0.6 is 0 Å². The lowest BCUT2D eigenvalue weighted by molar-refractivity contribution is 0.209. The maximum atomic E-state index is 3.66. The monoisotopic (exact) mass is 262 g/mol. The van der Waals surface area contributed by atoms with Gasteiger partial charge in [-0.2, -0.15) is 0 Å². The van der Waals surface area contributed by atoms with Crippen LogP contribution in [0, 0.1) is 13.8 Å². The molecule has 1 unspecified atom stereocenters. The van der Waals surface area contributed by atoms with Gasteiger partial charge in [-0.1, -0.05) is 39.0 Å². The highest BCUT2D eigenvalue weighted by atomic mass is 15.2. The third-order valence-corrected chi connectivity index (χ3v) is 3.90. The number of hydrogen-bond donors (Lipinski definition) is 1. The van der Waals surface area contributed by atoms with Crippen molar-refractivity contribution in [1.82, 2.24) is 4.90 Å². The van der Waals surface area contributed by atoms with Gasteiger partial charge in [-0.25, -0.2) is 0 Å². The van der Waals surface area contributed by atoms with Gasteiger partial charge in [0.15, 0.2) is 0 Å². The summed E-state index contributed by atoms with van der Waals surface area (Å²) < 4.78 is 0. The molecule has 0 aromatic heterocycles. The molecule has 0 fully saturated rings. The largest absolute Gasteiger partial charge is 0.383 e. The molecule has 0 bridgehead atoms. The number of hydrogen-bond acceptors (Lipinski definition) is 2. The summed E-state index contributed by atoms with van der Waals surface area (Å²) in [5.74, 6) is 0. The zero-order chi connectivity index (χ0) is 14.3. The molecular formula is C17H30N2. The SMILES string of the molecule is CCCN(CC)C(CC)CNc1c(C)cccc1C. The molecule has 0 spiro atoms. The van der Waals surface area contributed by atoms with Crippen LogP contribution in [0.3, 0.4) is 0 Å². The molecule has 1 aromatic rings. The van der Waals surface area contributed by atoms with Crippen LogP contribution in [0.2, 0.25) is 0 Å². The third kappa shape index (κ3) is 4.54. The van der Waals surface area contributed by atoms with Crippen LogP contribution in [-0.4, -0.2) is 30.6 Å². The smallest absolute Gasteiger partial charge is 0.0400 e. The Morgan fingerprint density at radius 1 is 1.11 bits per heavy atom. The van der Waals surface area contributed by atoms with Gasteiger partial charge in [-0.3, -0.25) is 4.90 Å². The summed E-state index contributed by atoms with van der Waals surface area (Å²) in [4.78, 5) is 2.58. The normalized spacial score (nSPS) is 12.7. The molecule has 0 aliphatic heterocycles. The van der Waals surface area contributed by atoms with E-state index in [1.54, 1.807) is 0 Å². The Hall–Kier alpha value is -1.02. The Labute approximate surface area is 119 Å². The van der Waals surface area contributed by atoms with E-state index in [0.717, 1.165) is 13.1 Å². The molecule has 1 N–H and O–H groups in total. The molecule has 0 saturated heterocycles. The van der Waals surface area contributed by atoms with Crippen molar-refractivity contribution in [3.05, 3.63) is 29.3 Å².